The van der Waals surface area contributed by atoms with Crippen LogP contribution in [0.1, 0.15) is 98.8 Å². The van der Waals surface area contributed by atoms with E-state index in [1.165, 1.54) is 51.4 Å². The normalized spacial score (nSPS) is 12.4. The second kappa shape index (κ2) is 18.3. The minimum Gasteiger partial charge on any atom is -0.365 e. The zero-order valence-electron chi connectivity index (χ0n) is 19.6. The summed E-state index contributed by atoms with van der Waals surface area (Å²) in [5.74, 6) is -1.13. The Kier molecular flexibility index (Phi) is 19.4. The van der Waals surface area contributed by atoms with Crippen LogP contribution in [0.3, 0.4) is 0 Å². The summed E-state index contributed by atoms with van der Waals surface area (Å²) in [6.45, 7) is 11.2. The summed E-state index contributed by atoms with van der Waals surface area (Å²) in [5, 5.41) is 0. The zero-order chi connectivity index (χ0) is 22.8. The Morgan fingerprint density at radius 2 is 1.14 bits per heavy atom. The Labute approximate surface area is 181 Å². The first-order chi connectivity index (χ1) is 13.6. The van der Waals surface area contributed by atoms with E-state index in [9.17, 15) is 13.2 Å². The van der Waals surface area contributed by atoms with Gasteiger partial charge < -0.3 is 5.73 Å². The number of carbonyl (C=O) groups excluding carboxylic acids is 1. The van der Waals surface area contributed by atoms with Crippen molar-refractivity contribution >= 4 is 23.3 Å². The molecule has 0 aromatic carbocycles. The summed E-state index contributed by atoms with van der Waals surface area (Å²) in [5.41, 5.74) is 4.72. The minimum absolute atomic E-state index is 0.387. The highest BCUT2D eigenvalue weighted by Crippen LogP contribution is 2.61. The third-order valence-electron chi connectivity index (χ3n) is 5.08. The molecule has 0 saturated heterocycles. The van der Waals surface area contributed by atoms with Gasteiger partial charge in [0.15, 0.2) is 4.91 Å². The van der Waals surface area contributed by atoms with Gasteiger partial charge in [-0.2, -0.15) is 8.42 Å². The van der Waals surface area contributed by atoms with Gasteiger partial charge in [-0.05, 0) is 32.1 Å². The van der Waals surface area contributed by atoms with E-state index in [1.807, 2.05) is 0 Å². The molecule has 0 aliphatic rings. The van der Waals surface area contributed by atoms with Crippen molar-refractivity contribution in [2.45, 2.75) is 98.8 Å². The summed E-state index contributed by atoms with van der Waals surface area (Å²) in [7, 11) is -5.01. The van der Waals surface area contributed by atoms with Gasteiger partial charge in [-0.3, -0.25) is 9.35 Å². The zero-order valence-corrected chi connectivity index (χ0v) is 21.3. The third kappa shape index (κ3) is 16.0. The second-order valence-corrected chi connectivity index (χ2v) is 13.7. The highest BCUT2D eigenvalue weighted by atomic mass is 32.2. The number of primary amides is 1. The van der Waals surface area contributed by atoms with Crippen LogP contribution in [0.4, 0.5) is 0 Å². The van der Waals surface area contributed by atoms with E-state index in [4.69, 9.17) is 10.3 Å². The number of hydrogen-bond acceptors (Lipinski definition) is 3. The highest BCUT2D eigenvalue weighted by molar-refractivity contribution is 7.90. The third-order valence-corrected chi connectivity index (χ3v) is 11.1. The highest BCUT2D eigenvalue weighted by Gasteiger charge is 2.34. The maximum atomic E-state index is 10.5. The average molecular weight is 453 g/mol. The molecule has 5 nitrogen and oxygen atoms in total. The number of unbranched alkanes of at least 4 members (excludes halogenated alkanes) is 5. The SMILES string of the molecule is CCC/C=C(\C(N)=O)S(=O)(=O)O.CCCC[P+](CCCC)(CCCC)CCCC. The Morgan fingerprint density at radius 1 is 0.793 bits per heavy atom. The van der Waals surface area contributed by atoms with E-state index in [0.29, 0.717) is 12.8 Å². The van der Waals surface area contributed by atoms with Gasteiger partial charge in [0, 0.05) is 7.26 Å². The molecule has 0 fully saturated rings. The van der Waals surface area contributed by atoms with Crippen LogP contribution in [0.2, 0.25) is 0 Å². The maximum Gasteiger partial charge on any atom is 0.299 e. The van der Waals surface area contributed by atoms with Crippen LogP contribution < -0.4 is 5.73 Å². The van der Waals surface area contributed by atoms with E-state index < -0.39 is 28.2 Å². The van der Waals surface area contributed by atoms with Crippen LogP contribution in [0.15, 0.2) is 11.0 Å². The number of amides is 1. The smallest absolute Gasteiger partial charge is 0.299 e. The Bertz CT molecular complexity index is 510. The van der Waals surface area contributed by atoms with Crippen molar-refractivity contribution in [3.63, 3.8) is 0 Å². The average Bonchev–Trinajstić information content (AvgIpc) is 2.66. The fourth-order valence-corrected chi connectivity index (χ4v) is 9.13. The van der Waals surface area contributed by atoms with Crippen LogP contribution in [0, 0.1) is 0 Å². The summed E-state index contributed by atoms with van der Waals surface area (Å²) >= 11 is 0. The molecule has 0 rings (SSSR count). The van der Waals surface area contributed by atoms with Gasteiger partial charge in [0.1, 0.15) is 0 Å². The van der Waals surface area contributed by atoms with E-state index in [-0.39, 0.29) is 0 Å². The quantitative estimate of drug-likeness (QED) is 0.164. The molecule has 0 aliphatic heterocycles. The van der Waals surface area contributed by atoms with Gasteiger partial charge in [-0.15, -0.1) is 0 Å². The molecule has 29 heavy (non-hydrogen) atoms. The number of carbonyl (C=O) groups is 1. The van der Waals surface area contributed by atoms with Crippen molar-refractivity contribution in [3.05, 3.63) is 11.0 Å². The van der Waals surface area contributed by atoms with Crippen molar-refractivity contribution < 1.29 is 17.8 Å². The first kappa shape index (κ1) is 30.7. The molecular formula is C22H47NO4PS+. The van der Waals surface area contributed by atoms with E-state index in [2.05, 4.69) is 27.7 Å². The molecular weight excluding hydrogens is 405 g/mol. The van der Waals surface area contributed by atoms with Crippen LogP contribution in [-0.4, -0.2) is 43.5 Å². The lowest BCUT2D eigenvalue weighted by atomic mass is 10.3. The van der Waals surface area contributed by atoms with Crippen LogP contribution in [0.25, 0.3) is 0 Å². The molecule has 0 saturated carbocycles. The predicted octanol–water partition coefficient (Wildman–Crippen LogP) is 6.25. The van der Waals surface area contributed by atoms with Crippen LogP contribution >= 0.6 is 7.26 Å². The van der Waals surface area contributed by atoms with Crippen molar-refractivity contribution in [1.82, 2.24) is 0 Å². The predicted molar refractivity (Wildman–Crippen MR) is 130 cm³/mol. The first-order valence-corrected chi connectivity index (χ1v) is 15.4. The van der Waals surface area contributed by atoms with Gasteiger partial charge in [-0.25, -0.2) is 0 Å². The molecule has 0 spiro atoms. The molecule has 0 heterocycles. The van der Waals surface area contributed by atoms with Crippen molar-refractivity contribution in [3.8, 4) is 0 Å². The molecule has 3 N–H and O–H groups in total. The van der Waals surface area contributed by atoms with Gasteiger partial charge in [-0.1, -0.05) is 72.8 Å². The Balaban J connectivity index is 0. The van der Waals surface area contributed by atoms with E-state index >= 15 is 0 Å². The maximum absolute atomic E-state index is 10.5. The fraction of sp³-hybridized carbons (Fsp3) is 0.864. The number of nitrogens with two attached hydrogens (primary N) is 1. The molecule has 0 atom stereocenters. The standard InChI is InChI=1S/C16H36P.C6H11NO4S/c1-5-9-13-17(14-10-6-2,15-11-7-3)16-12-8-4;1-2-3-4-5(6(7)8)12(9,10)11/h5-16H2,1-4H3;4H,2-3H2,1H3,(H2,7,8)(H,9,10,11)/q+1;/b;5-4+. The number of allylic oxidation sites excluding steroid dienone is 1. The monoisotopic (exact) mass is 452 g/mol. The fourth-order valence-electron chi connectivity index (χ4n) is 3.25. The lowest BCUT2D eigenvalue weighted by molar-refractivity contribution is -0.114. The minimum atomic E-state index is -4.45. The molecule has 0 aliphatic carbocycles. The summed E-state index contributed by atoms with van der Waals surface area (Å²) in [4.78, 5) is 9.73. The first-order valence-electron chi connectivity index (χ1n) is 11.5. The number of rotatable bonds is 16. The van der Waals surface area contributed by atoms with Gasteiger partial charge in [0.05, 0.1) is 24.6 Å². The molecule has 0 aromatic heterocycles. The summed E-state index contributed by atoms with van der Waals surface area (Å²) in [6, 6.07) is 0. The summed E-state index contributed by atoms with van der Waals surface area (Å²) in [6.07, 6.45) is 20.1. The van der Waals surface area contributed by atoms with Crippen molar-refractivity contribution in [2.75, 3.05) is 24.6 Å². The van der Waals surface area contributed by atoms with E-state index in [1.54, 1.807) is 31.6 Å². The van der Waals surface area contributed by atoms with Crippen molar-refractivity contribution in [2.24, 2.45) is 5.73 Å². The molecule has 0 radical (unpaired) electrons. The lowest BCUT2D eigenvalue weighted by Crippen LogP contribution is -2.20. The molecule has 0 aromatic rings. The van der Waals surface area contributed by atoms with Gasteiger partial charge in [0.25, 0.3) is 16.0 Å². The largest absolute Gasteiger partial charge is 0.365 e. The lowest BCUT2D eigenvalue weighted by Gasteiger charge is -2.28. The topological polar surface area (TPSA) is 97.5 Å². The molecule has 7 heteroatoms. The van der Waals surface area contributed by atoms with Crippen molar-refractivity contribution in [1.29, 1.82) is 0 Å². The van der Waals surface area contributed by atoms with Gasteiger partial charge >= 0.3 is 0 Å². The van der Waals surface area contributed by atoms with Crippen LogP contribution in [0.5, 0.6) is 0 Å². The van der Waals surface area contributed by atoms with Crippen LogP contribution in [-0.2, 0) is 14.9 Å². The molecule has 174 valence electrons. The Morgan fingerprint density at radius 3 is 1.34 bits per heavy atom. The Hall–Kier alpha value is -0.450. The number of hydrogen-bond donors (Lipinski definition) is 2. The summed E-state index contributed by atoms with van der Waals surface area (Å²) < 4.78 is 29.4. The second-order valence-electron chi connectivity index (χ2n) is 7.85. The molecule has 1 amide bonds. The van der Waals surface area contributed by atoms with E-state index in [0.717, 1.165) is 6.08 Å². The molecule has 0 unspecified atom stereocenters. The molecule has 0 bridgehead atoms. The van der Waals surface area contributed by atoms with Gasteiger partial charge in [0.2, 0.25) is 0 Å².